The van der Waals surface area contributed by atoms with Gasteiger partial charge in [-0.2, -0.15) is 10.5 Å². The highest BCUT2D eigenvalue weighted by atomic mass is 32.2. The van der Waals surface area contributed by atoms with E-state index in [0.29, 0.717) is 9.23 Å². The largest absolute Gasteiger partial charge is 0.307 e. The summed E-state index contributed by atoms with van der Waals surface area (Å²) in [6, 6.07) is 3.48. The van der Waals surface area contributed by atoms with Gasteiger partial charge in [-0.05, 0) is 6.08 Å². The summed E-state index contributed by atoms with van der Waals surface area (Å²) in [6.07, 6.45) is 1.30. The normalized spacial score (nSPS) is 18.5. The van der Waals surface area contributed by atoms with E-state index < -0.39 is 5.92 Å². The molecule has 64 valence electrons. The Kier molecular flexibility index (Phi) is 3.02. The monoisotopic (exact) mass is 209 g/mol. The molecule has 0 aromatic carbocycles. The molecule has 4 nitrogen and oxygen atoms in total. The fourth-order valence-electron chi connectivity index (χ4n) is 0.691. The topological polar surface area (TPSA) is 76.7 Å². The van der Waals surface area contributed by atoms with E-state index in [4.69, 9.17) is 22.7 Å². The first-order valence-electron chi connectivity index (χ1n) is 3.21. The van der Waals surface area contributed by atoms with Crippen LogP contribution >= 0.6 is 24.0 Å². The molecule has 1 rings (SSSR count). The summed E-state index contributed by atoms with van der Waals surface area (Å²) < 4.78 is 0.353. The summed E-state index contributed by atoms with van der Waals surface area (Å²) in [5.41, 5.74) is 0. The third-order valence-corrected chi connectivity index (χ3v) is 2.42. The van der Waals surface area contributed by atoms with Crippen molar-refractivity contribution in [2.24, 2.45) is 5.92 Å². The van der Waals surface area contributed by atoms with Gasteiger partial charge in [-0.15, -0.1) is 0 Å². The Morgan fingerprint density at radius 3 is 2.54 bits per heavy atom. The Morgan fingerprint density at radius 1 is 1.54 bits per heavy atom. The molecule has 0 saturated carbocycles. The van der Waals surface area contributed by atoms with Gasteiger partial charge in [0, 0.05) is 0 Å². The molecule has 1 saturated heterocycles. The van der Waals surface area contributed by atoms with Crippen LogP contribution in [0.5, 0.6) is 0 Å². The van der Waals surface area contributed by atoms with Gasteiger partial charge in [-0.3, -0.25) is 4.79 Å². The molecule has 1 fully saturated rings. The summed E-state index contributed by atoms with van der Waals surface area (Å²) >= 11 is 5.79. The van der Waals surface area contributed by atoms with Crippen LogP contribution in [0.15, 0.2) is 11.0 Å². The molecule has 0 bridgehead atoms. The smallest absolute Gasteiger partial charge is 0.263 e. The third-order valence-electron chi connectivity index (χ3n) is 1.24. The number of rotatable bonds is 1. The summed E-state index contributed by atoms with van der Waals surface area (Å²) in [5.74, 6) is -1.24. The van der Waals surface area contributed by atoms with E-state index in [2.05, 4.69) is 5.32 Å². The predicted octanol–water partition coefficient (Wildman–Crippen LogP) is 0.682. The average Bonchev–Trinajstić information content (AvgIpc) is 2.41. The van der Waals surface area contributed by atoms with E-state index in [-0.39, 0.29) is 5.91 Å². The molecule has 1 amide bonds. The molecule has 1 N–H and O–H groups in total. The van der Waals surface area contributed by atoms with Crippen molar-refractivity contribution in [2.75, 3.05) is 0 Å². The number of carbonyl (C=O) groups excluding carboxylic acids is 1. The minimum atomic E-state index is -0.894. The predicted molar refractivity (Wildman–Crippen MR) is 51.1 cm³/mol. The molecule has 0 aliphatic carbocycles. The maximum absolute atomic E-state index is 11.0. The van der Waals surface area contributed by atoms with Gasteiger partial charge in [0.15, 0.2) is 5.92 Å². The quantitative estimate of drug-likeness (QED) is 0.507. The number of hydrogen-bond donors (Lipinski definition) is 1. The molecule has 0 radical (unpaired) electrons. The molecule has 0 spiro atoms. The Hall–Kier alpha value is -1.37. The van der Waals surface area contributed by atoms with Crippen molar-refractivity contribution in [2.45, 2.75) is 0 Å². The van der Waals surface area contributed by atoms with Crippen molar-refractivity contribution in [3.05, 3.63) is 11.0 Å². The van der Waals surface area contributed by atoms with Crippen molar-refractivity contribution in [3.8, 4) is 12.1 Å². The number of thioether (sulfide) groups is 1. The third kappa shape index (κ3) is 2.28. The Balaban J connectivity index is 2.85. The molecule has 0 unspecified atom stereocenters. The van der Waals surface area contributed by atoms with E-state index in [9.17, 15) is 4.79 Å². The van der Waals surface area contributed by atoms with Gasteiger partial charge in [0.25, 0.3) is 5.91 Å². The van der Waals surface area contributed by atoms with E-state index in [1.165, 1.54) is 6.08 Å². The van der Waals surface area contributed by atoms with Crippen molar-refractivity contribution in [1.29, 1.82) is 10.5 Å². The second kappa shape index (κ2) is 4.04. The Morgan fingerprint density at radius 2 is 2.15 bits per heavy atom. The van der Waals surface area contributed by atoms with Crippen LogP contribution < -0.4 is 5.32 Å². The van der Waals surface area contributed by atoms with Gasteiger partial charge in [-0.25, -0.2) is 0 Å². The van der Waals surface area contributed by atoms with Crippen LogP contribution in [0.1, 0.15) is 0 Å². The number of nitrogens with one attached hydrogen (secondary N) is 1. The molecular formula is C7H3N3OS2. The number of nitrogens with zero attached hydrogens (tertiary/aromatic N) is 2. The van der Waals surface area contributed by atoms with E-state index in [1.54, 1.807) is 12.1 Å². The molecule has 1 aliphatic rings. The molecule has 1 heterocycles. The van der Waals surface area contributed by atoms with E-state index in [0.717, 1.165) is 11.8 Å². The highest BCUT2D eigenvalue weighted by Gasteiger charge is 2.23. The maximum atomic E-state index is 11.0. The number of nitriles is 2. The zero-order chi connectivity index (χ0) is 9.84. The summed E-state index contributed by atoms with van der Waals surface area (Å²) in [6.45, 7) is 0. The lowest BCUT2D eigenvalue weighted by atomic mass is 10.2. The lowest BCUT2D eigenvalue weighted by molar-refractivity contribution is -0.115. The van der Waals surface area contributed by atoms with Crippen molar-refractivity contribution in [1.82, 2.24) is 5.32 Å². The van der Waals surface area contributed by atoms with Gasteiger partial charge in [-0.1, -0.05) is 24.0 Å². The van der Waals surface area contributed by atoms with Crippen molar-refractivity contribution < 1.29 is 4.79 Å². The Bertz CT molecular complexity index is 360. The van der Waals surface area contributed by atoms with Gasteiger partial charge < -0.3 is 5.32 Å². The fourth-order valence-corrected chi connectivity index (χ4v) is 1.74. The standard InChI is InChI=1S/C7H3N3OS2/c8-2-4(3-9)1-5-6(11)10-7(12)13-5/h1,4H,(H,10,11,12). The molecular weight excluding hydrogens is 206 g/mol. The SMILES string of the molecule is N#CC(C#N)C=C1SC(=S)NC1=O. The highest BCUT2D eigenvalue weighted by molar-refractivity contribution is 8.26. The summed E-state index contributed by atoms with van der Waals surface area (Å²) in [5, 5.41) is 19.3. The summed E-state index contributed by atoms with van der Waals surface area (Å²) in [7, 11) is 0. The first-order valence-corrected chi connectivity index (χ1v) is 4.44. The molecule has 1 aliphatic heterocycles. The van der Waals surface area contributed by atoms with Crippen LogP contribution in [0.2, 0.25) is 0 Å². The highest BCUT2D eigenvalue weighted by Crippen LogP contribution is 2.24. The van der Waals surface area contributed by atoms with Crippen LogP contribution in [-0.4, -0.2) is 10.2 Å². The van der Waals surface area contributed by atoms with Gasteiger partial charge >= 0.3 is 0 Å². The van der Waals surface area contributed by atoms with Gasteiger partial charge in [0.05, 0.1) is 17.0 Å². The van der Waals surface area contributed by atoms with Crippen LogP contribution in [-0.2, 0) is 4.79 Å². The van der Waals surface area contributed by atoms with Crippen molar-refractivity contribution in [3.63, 3.8) is 0 Å². The lowest BCUT2D eigenvalue weighted by Crippen LogP contribution is -2.17. The zero-order valence-corrected chi connectivity index (χ0v) is 7.91. The van der Waals surface area contributed by atoms with Crippen LogP contribution in [0.25, 0.3) is 0 Å². The van der Waals surface area contributed by atoms with Crippen LogP contribution in [0.3, 0.4) is 0 Å². The number of hydrogen-bond acceptors (Lipinski definition) is 5. The van der Waals surface area contributed by atoms with E-state index in [1.807, 2.05) is 0 Å². The minimum Gasteiger partial charge on any atom is -0.307 e. The summed E-state index contributed by atoms with van der Waals surface area (Å²) in [4.78, 5) is 11.4. The number of carbonyl (C=O) groups is 1. The molecule has 6 heteroatoms. The maximum Gasteiger partial charge on any atom is 0.263 e. The zero-order valence-electron chi connectivity index (χ0n) is 6.27. The lowest BCUT2D eigenvalue weighted by Gasteiger charge is -1.90. The van der Waals surface area contributed by atoms with Gasteiger partial charge in [0.2, 0.25) is 0 Å². The number of thiocarbonyl (C=S) groups is 1. The number of amides is 1. The molecule has 0 aromatic rings. The van der Waals surface area contributed by atoms with Gasteiger partial charge in [0.1, 0.15) is 4.32 Å². The van der Waals surface area contributed by atoms with Crippen molar-refractivity contribution >= 4 is 34.2 Å². The first-order chi connectivity index (χ1) is 6.17. The molecule has 0 aromatic heterocycles. The average molecular weight is 209 g/mol. The van der Waals surface area contributed by atoms with Crippen LogP contribution in [0.4, 0.5) is 0 Å². The number of allylic oxidation sites excluding steroid dienone is 1. The molecule has 13 heavy (non-hydrogen) atoms. The van der Waals surface area contributed by atoms with Crippen LogP contribution in [0, 0.1) is 28.6 Å². The van der Waals surface area contributed by atoms with E-state index >= 15 is 0 Å². The molecule has 0 atom stereocenters. The minimum absolute atomic E-state index is 0.318. The second-order valence-corrected chi connectivity index (χ2v) is 3.83. The fraction of sp³-hybridized carbons (Fsp3) is 0.143. The first kappa shape index (κ1) is 9.72. The Labute approximate surface area is 84.2 Å². The second-order valence-electron chi connectivity index (χ2n) is 2.11.